The third kappa shape index (κ3) is 2.81. The van der Waals surface area contributed by atoms with Gasteiger partial charge in [0.15, 0.2) is 11.5 Å². The lowest BCUT2D eigenvalue weighted by Gasteiger charge is -2.22. The van der Waals surface area contributed by atoms with Crippen LogP contribution in [0.4, 0.5) is 5.82 Å². The number of benzene rings is 2. The Labute approximate surface area is 186 Å². The summed E-state index contributed by atoms with van der Waals surface area (Å²) in [7, 11) is 3.25. The Morgan fingerprint density at radius 3 is 2.28 bits per heavy atom. The highest BCUT2D eigenvalue weighted by Crippen LogP contribution is 2.38. The van der Waals surface area contributed by atoms with Crippen LogP contribution in [0.15, 0.2) is 41.3 Å². The number of methoxy groups -OCH3 is 2. The van der Waals surface area contributed by atoms with E-state index in [-0.39, 0.29) is 5.69 Å². The first-order valence-corrected chi connectivity index (χ1v) is 10.6. The van der Waals surface area contributed by atoms with Crippen LogP contribution in [0.25, 0.3) is 22.6 Å². The highest BCUT2D eigenvalue weighted by molar-refractivity contribution is 5.72. The van der Waals surface area contributed by atoms with Crippen LogP contribution in [0.3, 0.4) is 0 Å². The summed E-state index contributed by atoms with van der Waals surface area (Å²) in [5, 5.41) is 0. The number of nitrogen functional groups attached to an aromatic ring is 1. The van der Waals surface area contributed by atoms with Crippen molar-refractivity contribution in [1.82, 2.24) is 8.97 Å². The lowest BCUT2D eigenvalue weighted by atomic mass is 9.97. The maximum atomic E-state index is 13.5. The van der Waals surface area contributed by atoms with Crippen LogP contribution in [-0.2, 0) is 13.0 Å². The van der Waals surface area contributed by atoms with Gasteiger partial charge in [-0.2, -0.15) is 8.97 Å². The molecule has 32 heavy (non-hydrogen) atoms. The number of nitrogens with two attached hydrogens (primary N) is 1. The van der Waals surface area contributed by atoms with Gasteiger partial charge in [0.2, 0.25) is 5.65 Å². The quantitative estimate of drug-likeness (QED) is 0.506. The number of aryl methyl sites for hydroxylation is 4. The zero-order valence-electron chi connectivity index (χ0n) is 19.0. The van der Waals surface area contributed by atoms with Gasteiger partial charge >= 0.3 is 5.69 Å². The molecule has 7 heteroatoms. The smallest absolute Gasteiger partial charge is 0.391 e. The van der Waals surface area contributed by atoms with Crippen molar-refractivity contribution >= 4 is 11.5 Å². The van der Waals surface area contributed by atoms with Crippen LogP contribution in [0.2, 0.25) is 0 Å². The number of fused-ring (bicyclic) bond motifs is 4. The molecular weight excluding hydrogens is 404 g/mol. The molecule has 0 aliphatic carbocycles. The van der Waals surface area contributed by atoms with Gasteiger partial charge in [-0.1, -0.05) is 17.7 Å². The lowest BCUT2D eigenvalue weighted by Crippen LogP contribution is -2.38. The molecule has 0 unspecified atom stereocenters. The Balaban J connectivity index is 1.85. The highest BCUT2D eigenvalue weighted by atomic mass is 16.5. The molecule has 2 aromatic heterocycles. The van der Waals surface area contributed by atoms with Gasteiger partial charge in [-0.25, -0.2) is 4.79 Å². The minimum atomic E-state index is -0.106. The summed E-state index contributed by atoms with van der Waals surface area (Å²) in [6.45, 7) is 6.82. The SMILES string of the molecule is COc1cc2c(cc1OC)-c1cc3n(cc(N)[n+]3-c3c(C)cc(C)cc3C)c(=O)n1CC2. The summed E-state index contributed by atoms with van der Waals surface area (Å²) in [4.78, 5) is 13.5. The van der Waals surface area contributed by atoms with Crippen molar-refractivity contribution in [3.05, 3.63) is 69.3 Å². The van der Waals surface area contributed by atoms with Gasteiger partial charge in [0.25, 0.3) is 5.82 Å². The van der Waals surface area contributed by atoms with Crippen LogP contribution in [0.5, 0.6) is 11.5 Å². The Morgan fingerprint density at radius 2 is 1.62 bits per heavy atom. The maximum Gasteiger partial charge on any atom is 0.391 e. The third-order valence-corrected chi connectivity index (χ3v) is 6.34. The zero-order chi connectivity index (χ0) is 22.7. The molecule has 1 aliphatic rings. The van der Waals surface area contributed by atoms with Gasteiger partial charge in [0.1, 0.15) is 11.9 Å². The van der Waals surface area contributed by atoms with E-state index in [0.717, 1.165) is 45.7 Å². The number of aromatic nitrogens is 3. The van der Waals surface area contributed by atoms with E-state index in [1.54, 1.807) is 29.4 Å². The van der Waals surface area contributed by atoms with Gasteiger partial charge in [-0.05, 0) is 56.0 Å². The first kappa shape index (κ1) is 20.2. The average molecular weight is 432 g/mol. The summed E-state index contributed by atoms with van der Waals surface area (Å²) in [5.41, 5.74) is 14.4. The Kier molecular flexibility index (Phi) is 4.51. The predicted molar refractivity (Wildman–Crippen MR) is 124 cm³/mol. The van der Waals surface area contributed by atoms with E-state index < -0.39 is 0 Å². The fourth-order valence-electron chi connectivity index (χ4n) is 5.02. The minimum Gasteiger partial charge on any atom is -0.493 e. The molecule has 0 saturated heterocycles. The number of hydrogen-bond acceptors (Lipinski definition) is 4. The summed E-state index contributed by atoms with van der Waals surface area (Å²) in [6.07, 6.45) is 2.45. The van der Waals surface area contributed by atoms with Crippen molar-refractivity contribution in [3.63, 3.8) is 0 Å². The van der Waals surface area contributed by atoms with E-state index in [1.807, 2.05) is 22.8 Å². The second-order valence-corrected chi connectivity index (χ2v) is 8.44. The maximum absolute atomic E-state index is 13.5. The number of hydrogen-bond donors (Lipinski definition) is 1. The van der Waals surface area contributed by atoms with E-state index in [9.17, 15) is 4.79 Å². The van der Waals surface area contributed by atoms with Crippen LogP contribution < -0.4 is 25.5 Å². The predicted octanol–water partition coefficient (Wildman–Crippen LogP) is 3.13. The zero-order valence-corrected chi connectivity index (χ0v) is 19.0. The molecule has 5 rings (SSSR count). The van der Waals surface area contributed by atoms with Gasteiger partial charge < -0.3 is 15.2 Å². The molecule has 0 bridgehead atoms. The van der Waals surface area contributed by atoms with E-state index in [2.05, 4.69) is 32.9 Å². The summed E-state index contributed by atoms with van der Waals surface area (Å²) in [5.74, 6) is 1.85. The van der Waals surface area contributed by atoms with Crippen molar-refractivity contribution in [2.24, 2.45) is 0 Å². The monoisotopic (exact) mass is 431 g/mol. The lowest BCUT2D eigenvalue weighted by molar-refractivity contribution is -0.552. The molecule has 0 atom stereocenters. The second-order valence-electron chi connectivity index (χ2n) is 8.44. The third-order valence-electron chi connectivity index (χ3n) is 6.34. The average Bonchev–Trinajstić information content (AvgIpc) is 3.08. The van der Waals surface area contributed by atoms with Crippen LogP contribution in [-0.4, -0.2) is 23.2 Å². The van der Waals surface area contributed by atoms with Crippen molar-refractivity contribution in [3.8, 4) is 28.4 Å². The number of ether oxygens (including phenoxy) is 2. The number of nitrogens with zero attached hydrogens (tertiary/aromatic N) is 3. The van der Waals surface area contributed by atoms with E-state index in [4.69, 9.17) is 15.2 Å². The molecule has 164 valence electrons. The van der Waals surface area contributed by atoms with Crippen molar-refractivity contribution in [1.29, 1.82) is 0 Å². The molecule has 7 nitrogen and oxygen atoms in total. The first-order valence-electron chi connectivity index (χ1n) is 10.6. The molecule has 0 amide bonds. The number of anilines is 1. The van der Waals surface area contributed by atoms with Crippen LogP contribution >= 0.6 is 0 Å². The molecule has 0 spiro atoms. The number of imidazole rings is 1. The Bertz CT molecular complexity index is 1440. The minimum absolute atomic E-state index is 0.106. The number of rotatable bonds is 3. The van der Waals surface area contributed by atoms with E-state index in [1.165, 1.54) is 5.56 Å². The largest absolute Gasteiger partial charge is 0.493 e. The molecule has 2 N–H and O–H groups in total. The molecule has 3 heterocycles. The highest BCUT2D eigenvalue weighted by Gasteiger charge is 2.27. The Hall–Kier alpha value is -3.74. The fraction of sp³-hybridized carbons (Fsp3) is 0.280. The standard InChI is InChI=1S/C25H27N4O3/c1-14-8-15(2)24(16(3)9-14)29-22(26)13-28-23(29)12-19-18-11-21(32-5)20(31-4)10-17(18)6-7-27(19)25(28)30/h8-13H,6-7,26H2,1-5H3/q+1. The fourth-order valence-corrected chi connectivity index (χ4v) is 5.02. The van der Waals surface area contributed by atoms with E-state index in [0.29, 0.717) is 23.9 Å². The molecule has 0 fully saturated rings. The molecule has 2 aromatic carbocycles. The Morgan fingerprint density at radius 1 is 0.969 bits per heavy atom. The topological polar surface area (TPSA) is 74.8 Å². The molecule has 1 aliphatic heterocycles. The summed E-state index contributed by atoms with van der Waals surface area (Å²) >= 11 is 0. The van der Waals surface area contributed by atoms with Crippen LogP contribution in [0.1, 0.15) is 22.3 Å². The second kappa shape index (κ2) is 7.15. The molecule has 4 aromatic rings. The summed E-state index contributed by atoms with van der Waals surface area (Å²) in [6, 6.07) is 10.3. The first-order chi connectivity index (χ1) is 15.3. The van der Waals surface area contributed by atoms with Crippen molar-refractivity contribution in [2.75, 3.05) is 20.0 Å². The molecular formula is C25H27N4O3+. The van der Waals surface area contributed by atoms with Crippen molar-refractivity contribution in [2.45, 2.75) is 33.7 Å². The van der Waals surface area contributed by atoms with E-state index >= 15 is 0 Å². The van der Waals surface area contributed by atoms with Crippen molar-refractivity contribution < 1.29 is 14.0 Å². The van der Waals surface area contributed by atoms with Crippen LogP contribution in [0, 0.1) is 20.8 Å². The van der Waals surface area contributed by atoms with Gasteiger partial charge in [-0.15, -0.1) is 0 Å². The van der Waals surface area contributed by atoms with Gasteiger partial charge in [0.05, 0.1) is 19.9 Å². The van der Waals surface area contributed by atoms with Gasteiger partial charge in [0, 0.05) is 18.2 Å². The van der Waals surface area contributed by atoms with Gasteiger partial charge in [-0.3, -0.25) is 4.57 Å². The summed E-state index contributed by atoms with van der Waals surface area (Å²) < 4.78 is 16.4. The molecule has 0 saturated carbocycles. The normalized spacial score (nSPS) is 12.5. The molecule has 0 radical (unpaired) electrons.